The third-order valence-electron chi connectivity index (χ3n) is 3.88. The largest absolute Gasteiger partial charge is 0.378 e. The van der Waals surface area contributed by atoms with E-state index in [2.05, 4.69) is 20.8 Å². The number of hydrogen-bond acceptors (Lipinski definition) is 3. The van der Waals surface area contributed by atoms with Gasteiger partial charge in [0.05, 0.1) is 18.1 Å². The molecule has 1 aliphatic heterocycles. The van der Waals surface area contributed by atoms with Gasteiger partial charge in [-0.05, 0) is 37.0 Å². The third-order valence-corrected chi connectivity index (χ3v) is 6.03. The predicted molar refractivity (Wildman–Crippen MR) is 83.9 cm³/mol. The highest BCUT2D eigenvalue weighted by atomic mass is 32.2. The SMILES string of the molecule is CC1COCC(C)N1S(=O)(=O)c1ccc(C(C)(C)C)cc1. The molecule has 2 unspecified atom stereocenters. The van der Waals surface area contributed by atoms with Crippen molar-refractivity contribution in [2.45, 2.75) is 57.0 Å². The van der Waals surface area contributed by atoms with Gasteiger partial charge in [0.25, 0.3) is 0 Å². The molecular formula is C16H25NO3S. The van der Waals surface area contributed by atoms with Crippen LogP contribution in [0.4, 0.5) is 0 Å². The van der Waals surface area contributed by atoms with Crippen molar-refractivity contribution in [2.24, 2.45) is 0 Å². The fraction of sp³-hybridized carbons (Fsp3) is 0.625. The van der Waals surface area contributed by atoms with E-state index in [4.69, 9.17) is 4.74 Å². The van der Waals surface area contributed by atoms with E-state index in [1.54, 1.807) is 16.4 Å². The van der Waals surface area contributed by atoms with Crippen LogP contribution in [-0.2, 0) is 20.2 Å². The van der Waals surface area contributed by atoms with Crippen molar-refractivity contribution in [2.75, 3.05) is 13.2 Å². The van der Waals surface area contributed by atoms with Crippen LogP contribution < -0.4 is 0 Å². The summed E-state index contributed by atoms with van der Waals surface area (Å²) in [5, 5.41) is 0. The molecule has 118 valence electrons. The van der Waals surface area contributed by atoms with Crippen molar-refractivity contribution in [3.05, 3.63) is 29.8 Å². The zero-order valence-corrected chi connectivity index (χ0v) is 14.3. The molecule has 0 radical (unpaired) electrons. The number of sulfonamides is 1. The number of ether oxygens (including phenoxy) is 1. The number of morpholine rings is 1. The fourth-order valence-corrected chi connectivity index (χ4v) is 4.51. The minimum Gasteiger partial charge on any atom is -0.378 e. The molecule has 2 rings (SSSR count). The van der Waals surface area contributed by atoms with E-state index in [0.29, 0.717) is 18.1 Å². The Bertz CT molecular complexity index is 577. The quantitative estimate of drug-likeness (QED) is 0.844. The molecule has 1 saturated heterocycles. The van der Waals surface area contributed by atoms with Crippen molar-refractivity contribution in [3.63, 3.8) is 0 Å². The van der Waals surface area contributed by atoms with Crippen molar-refractivity contribution < 1.29 is 13.2 Å². The number of hydrogen-bond donors (Lipinski definition) is 0. The lowest BCUT2D eigenvalue weighted by Crippen LogP contribution is -2.52. The number of benzene rings is 1. The Morgan fingerprint density at radius 3 is 1.95 bits per heavy atom. The molecule has 0 N–H and O–H groups in total. The van der Waals surface area contributed by atoms with Crippen molar-refractivity contribution in [1.82, 2.24) is 4.31 Å². The number of rotatable bonds is 2. The summed E-state index contributed by atoms with van der Waals surface area (Å²) in [5.41, 5.74) is 1.14. The summed E-state index contributed by atoms with van der Waals surface area (Å²) in [7, 11) is -3.47. The topological polar surface area (TPSA) is 46.6 Å². The maximum Gasteiger partial charge on any atom is 0.243 e. The molecule has 0 aromatic heterocycles. The third kappa shape index (κ3) is 3.30. The molecular weight excluding hydrogens is 286 g/mol. The van der Waals surface area contributed by atoms with Crippen LogP contribution in [0.1, 0.15) is 40.2 Å². The minimum atomic E-state index is -3.47. The summed E-state index contributed by atoms with van der Waals surface area (Å²) in [5.74, 6) is 0. The zero-order chi connectivity index (χ0) is 15.8. The van der Waals surface area contributed by atoms with Crippen LogP contribution in [0, 0.1) is 0 Å². The molecule has 5 heteroatoms. The van der Waals surface area contributed by atoms with E-state index in [1.165, 1.54) is 0 Å². The monoisotopic (exact) mass is 311 g/mol. The lowest BCUT2D eigenvalue weighted by Gasteiger charge is -2.37. The van der Waals surface area contributed by atoms with E-state index in [-0.39, 0.29) is 17.5 Å². The molecule has 0 amide bonds. The summed E-state index contributed by atoms with van der Waals surface area (Å²) in [6, 6.07) is 6.96. The average Bonchev–Trinajstić information content (AvgIpc) is 2.37. The Morgan fingerprint density at radius 1 is 1.05 bits per heavy atom. The van der Waals surface area contributed by atoms with Gasteiger partial charge in [0, 0.05) is 12.1 Å². The van der Waals surface area contributed by atoms with Gasteiger partial charge in [0.1, 0.15) is 0 Å². The van der Waals surface area contributed by atoms with E-state index < -0.39 is 10.0 Å². The summed E-state index contributed by atoms with van der Waals surface area (Å²) < 4.78 is 32.7. The molecule has 1 fully saturated rings. The van der Waals surface area contributed by atoms with E-state index in [1.807, 2.05) is 26.0 Å². The first-order valence-corrected chi connectivity index (χ1v) is 8.80. The average molecular weight is 311 g/mol. The van der Waals surface area contributed by atoms with Crippen LogP contribution in [-0.4, -0.2) is 38.0 Å². The Labute approximate surface area is 128 Å². The molecule has 0 spiro atoms. The minimum absolute atomic E-state index is 0.0157. The summed E-state index contributed by atoms with van der Waals surface area (Å²) in [6.45, 7) is 11.0. The van der Waals surface area contributed by atoms with Gasteiger partial charge in [0.2, 0.25) is 10.0 Å². The maximum absolute atomic E-state index is 12.8. The first-order chi connectivity index (χ1) is 9.64. The number of nitrogens with zero attached hydrogens (tertiary/aromatic N) is 1. The molecule has 1 heterocycles. The van der Waals surface area contributed by atoms with Crippen molar-refractivity contribution >= 4 is 10.0 Å². The highest BCUT2D eigenvalue weighted by Gasteiger charge is 2.36. The first kappa shape index (κ1) is 16.5. The highest BCUT2D eigenvalue weighted by Crippen LogP contribution is 2.27. The van der Waals surface area contributed by atoms with Crippen molar-refractivity contribution in [1.29, 1.82) is 0 Å². The molecule has 2 atom stereocenters. The summed E-state index contributed by atoms with van der Waals surface area (Å²) >= 11 is 0. The maximum atomic E-state index is 12.8. The smallest absolute Gasteiger partial charge is 0.243 e. The van der Waals surface area contributed by atoms with Crippen LogP contribution in [0.3, 0.4) is 0 Å². The van der Waals surface area contributed by atoms with Crippen LogP contribution in [0.25, 0.3) is 0 Å². The van der Waals surface area contributed by atoms with Gasteiger partial charge < -0.3 is 4.74 Å². The molecule has 1 aliphatic rings. The van der Waals surface area contributed by atoms with Gasteiger partial charge in [-0.25, -0.2) is 8.42 Å². The van der Waals surface area contributed by atoms with Crippen LogP contribution >= 0.6 is 0 Å². The molecule has 4 nitrogen and oxygen atoms in total. The van der Waals surface area contributed by atoms with Gasteiger partial charge >= 0.3 is 0 Å². The molecule has 0 bridgehead atoms. The standard InChI is InChI=1S/C16H25NO3S/c1-12-10-20-11-13(2)17(12)21(18,19)15-8-6-14(7-9-15)16(3,4)5/h6-9,12-13H,10-11H2,1-5H3. The lowest BCUT2D eigenvalue weighted by atomic mass is 9.87. The predicted octanol–water partition coefficient (Wildman–Crippen LogP) is 2.78. The highest BCUT2D eigenvalue weighted by molar-refractivity contribution is 7.89. The first-order valence-electron chi connectivity index (χ1n) is 7.36. The van der Waals surface area contributed by atoms with Gasteiger partial charge in [0.15, 0.2) is 0 Å². The molecule has 21 heavy (non-hydrogen) atoms. The normalized spacial score (nSPS) is 25.0. The van der Waals surface area contributed by atoms with E-state index in [9.17, 15) is 8.42 Å². The Hall–Kier alpha value is -0.910. The summed E-state index contributed by atoms with van der Waals surface area (Å²) in [6.07, 6.45) is 0. The second-order valence-corrected chi connectivity index (χ2v) is 8.69. The second kappa shape index (κ2) is 5.71. The fourth-order valence-electron chi connectivity index (χ4n) is 2.71. The van der Waals surface area contributed by atoms with Crippen LogP contribution in [0.2, 0.25) is 0 Å². The molecule has 0 aliphatic carbocycles. The van der Waals surface area contributed by atoms with Gasteiger partial charge in [-0.1, -0.05) is 32.9 Å². The lowest BCUT2D eigenvalue weighted by molar-refractivity contribution is 0.00636. The Kier molecular flexibility index (Phi) is 4.47. The Morgan fingerprint density at radius 2 is 1.52 bits per heavy atom. The van der Waals surface area contributed by atoms with Crippen LogP contribution in [0.5, 0.6) is 0 Å². The molecule has 1 aromatic rings. The van der Waals surface area contributed by atoms with E-state index in [0.717, 1.165) is 5.56 Å². The van der Waals surface area contributed by atoms with Crippen LogP contribution in [0.15, 0.2) is 29.2 Å². The second-order valence-electron chi connectivity index (χ2n) is 6.84. The summed E-state index contributed by atoms with van der Waals surface area (Å²) in [4.78, 5) is 0.358. The molecule has 0 saturated carbocycles. The van der Waals surface area contributed by atoms with Crippen molar-refractivity contribution in [3.8, 4) is 0 Å². The molecule has 1 aromatic carbocycles. The van der Waals surface area contributed by atoms with E-state index >= 15 is 0 Å². The van der Waals surface area contributed by atoms with Gasteiger partial charge in [-0.2, -0.15) is 4.31 Å². The zero-order valence-electron chi connectivity index (χ0n) is 13.5. The van der Waals surface area contributed by atoms with Gasteiger partial charge in [-0.15, -0.1) is 0 Å². The van der Waals surface area contributed by atoms with Gasteiger partial charge in [-0.3, -0.25) is 0 Å². The Balaban J connectivity index is 2.35.